The fourth-order valence-electron chi connectivity index (χ4n) is 30.2. The standard InChI is InChI=1S/C43H72N2O8.C43H70N2O8.2CH4.B.Na.H/c2*1-26-20-29(37(39(5,6)48)51-27(2)46)52-35-34(26)40(7)14-15-43-25-42(43)13-12-32(38(3,4)30(42)10-11-31(43)41(40,8)36(35)47)53-33-24-45(17-19-50-33)23-28-21-44(22-28)16-18-49-9;;;;;/h26,28-37,47-48H,10-25H2,1-9H3;26,28-35,37,48H,10-25H2,1-9H3;2*1H4;;;/q;;;;;+1;-1/t26-,29?,30+,31?,32+,33+,34+,35?,36+,37+,40-,41-,42?,43+;26-,29?,30+,31?,32+,33+,34+,35?,37+,40-,41-,42?,43+;;;;;/m11...../s1. The predicted molar refractivity (Wildman–Crippen MR) is 421 cm³/mol. The summed E-state index contributed by atoms with van der Waals surface area (Å²) >= 11 is 0. The summed E-state index contributed by atoms with van der Waals surface area (Å²) in [4.78, 5) is 49.5. The van der Waals surface area contributed by atoms with E-state index in [9.17, 15) is 24.9 Å². The van der Waals surface area contributed by atoms with Crippen LogP contribution < -0.4 is 29.6 Å². The summed E-state index contributed by atoms with van der Waals surface area (Å²) in [6, 6.07) is 0. The number of hydrogen-bond donors (Lipinski definition) is 3. The number of morpholine rings is 2. The van der Waals surface area contributed by atoms with Crippen molar-refractivity contribution < 1.29 is 108 Å². The smallest absolute Gasteiger partial charge is 1.00 e. The molecular weight excluding hydrogens is 1400 g/mol. The Kier molecular flexibility index (Phi) is 26.1. The number of fused-ring (bicyclic) bond motifs is 8. The van der Waals surface area contributed by atoms with E-state index in [1.807, 2.05) is 0 Å². The number of ketones is 1. The van der Waals surface area contributed by atoms with Gasteiger partial charge in [0.1, 0.15) is 6.10 Å². The zero-order valence-electron chi connectivity index (χ0n) is 71.3. The van der Waals surface area contributed by atoms with Crippen molar-refractivity contribution in [2.45, 2.75) is 307 Å². The Labute approximate surface area is 689 Å². The van der Waals surface area contributed by atoms with Crippen LogP contribution in [0.3, 0.4) is 0 Å². The van der Waals surface area contributed by atoms with E-state index in [0.717, 1.165) is 156 Å². The van der Waals surface area contributed by atoms with Crippen molar-refractivity contribution in [3.63, 3.8) is 0 Å². The minimum absolute atomic E-state index is 0. The van der Waals surface area contributed by atoms with E-state index in [1.54, 1.807) is 41.9 Å². The van der Waals surface area contributed by atoms with E-state index in [-0.39, 0.29) is 158 Å². The summed E-state index contributed by atoms with van der Waals surface area (Å²) in [7, 11) is 3.55. The van der Waals surface area contributed by atoms with E-state index < -0.39 is 65.2 Å². The Morgan fingerprint density at radius 1 is 0.564 bits per heavy atom. The molecule has 6 saturated heterocycles. The number of ether oxygens (including phenoxy) is 10. The van der Waals surface area contributed by atoms with E-state index in [1.165, 1.54) is 58.8 Å². The fourth-order valence-corrected chi connectivity index (χ4v) is 30.2. The number of aliphatic hydroxyl groups excluding tert-OH is 1. The number of rotatable bonds is 20. The molecule has 8 unspecified atom stereocenters. The molecule has 6 aliphatic heterocycles. The molecule has 0 bridgehead atoms. The second-order valence-electron chi connectivity index (χ2n) is 41.9. The molecule has 3 N–H and O–H groups in total. The van der Waals surface area contributed by atoms with E-state index in [2.05, 4.69) is 88.8 Å². The Bertz CT molecular complexity index is 3250. The van der Waals surface area contributed by atoms with E-state index in [0.29, 0.717) is 47.8 Å². The molecule has 6 heterocycles. The Hall–Kier alpha value is -0.925. The summed E-state index contributed by atoms with van der Waals surface area (Å²) in [6.45, 7) is 49.3. The summed E-state index contributed by atoms with van der Waals surface area (Å²) in [5.41, 5.74) is -2.38. The van der Waals surface area contributed by atoms with Crippen molar-refractivity contribution in [1.29, 1.82) is 0 Å². The quantitative estimate of drug-likeness (QED) is 0.0769. The third-order valence-electron chi connectivity index (χ3n) is 35.1. The predicted octanol–water partition coefficient (Wildman–Crippen LogP) is 8.46. The molecule has 16 aliphatic rings. The average molecular weight is 1550 g/mol. The van der Waals surface area contributed by atoms with Crippen LogP contribution in [-0.2, 0) is 61.8 Å². The molecule has 10 aliphatic carbocycles. The van der Waals surface area contributed by atoms with Crippen LogP contribution >= 0.6 is 0 Å². The molecule has 3 radical (unpaired) electrons. The van der Waals surface area contributed by atoms with Gasteiger partial charge in [0.25, 0.3) is 0 Å². The number of likely N-dealkylation sites (tertiary alicyclic amines) is 2. The number of carbonyl (C=O) groups is 3. The second kappa shape index (κ2) is 31.9. The maximum absolute atomic E-state index is 15.1. The zero-order valence-corrected chi connectivity index (χ0v) is 72.3. The van der Waals surface area contributed by atoms with Crippen molar-refractivity contribution in [2.24, 2.45) is 113 Å². The molecule has 0 amide bonds. The van der Waals surface area contributed by atoms with Gasteiger partial charge in [0.2, 0.25) is 0 Å². The molecule has 110 heavy (non-hydrogen) atoms. The summed E-state index contributed by atoms with van der Waals surface area (Å²) in [5.74, 6) is 3.63. The molecular formula is C88H151BN4NaO16. The molecule has 16 rings (SSSR count). The summed E-state index contributed by atoms with van der Waals surface area (Å²) in [5, 5.41) is 34.8. The largest absolute Gasteiger partial charge is 1.00 e. The first kappa shape index (κ1) is 89.9. The second-order valence-corrected chi connectivity index (χ2v) is 41.9. The number of aliphatic hydroxyl groups is 3. The number of hydrogen-bond acceptors (Lipinski definition) is 20. The van der Waals surface area contributed by atoms with Gasteiger partial charge in [0.05, 0.1) is 74.3 Å². The van der Waals surface area contributed by atoms with Crippen molar-refractivity contribution in [3.8, 4) is 0 Å². The normalized spacial score (nSPS) is 46.3. The van der Waals surface area contributed by atoms with Crippen molar-refractivity contribution in [3.05, 3.63) is 0 Å². The molecule has 22 heteroatoms. The molecule has 623 valence electrons. The first-order valence-corrected chi connectivity index (χ1v) is 42.6. The number of carbonyl (C=O) groups excluding carboxylic acids is 3. The van der Waals surface area contributed by atoms with Gasteiger partial charge < -0.3 is 73.9 Å². The van der Waals surface area contributed by atoms with Crippen molar-refractivity contribution in [1.82, 2.24) is 19.6 Å². The van der Waals surface area contributed by atoms with Crippen molar-refractivity contribution >= 4 is 26.1 Å². The molecule has 0 aromatic rings. The van der Waals surface area contributed by atoms with Gasteiger partial charge in [-0.25, -0.2) is 0 Å². The van der Waals surface area contributed by atoms with Crippen LogP contribution in [0.15, 0.2) is 0 Å². The van der Waals surface area contributed by atoms with Gasteiger partial charge in [-0.05, 0) is 227 Å². The van der Waals surface area contributed by atoms with Crippen LogP contribution in [0.25, 0.3) is 0 Å². The summed E-state index contributed by atoms with van der Waals surface area (Å²) in [6.07, 6.45) is 13.5. The Morgan fingerprint density at radius 3 is 1.42 bits per heavy atom. The first-order valence-electron chi connectivity index (χ1n) is 42.6. The minimum Gasteiger partial charge on any atom is -1.00 e. The number of nitrogens with zero attached hydrogens (tertiary/aromatic N) is 4. The fraction of sp³-hybridized carbons (Fsp3) is 0.966. The zero-order chi connectivity index (χ0) is 75.9. The molecule has 4 spiro atoms. The van der Waals surface area contributed by atoms with Crippen LogP contribution in [0.4, 0.5) is 0 Å². The monoisotopic (exact) mass is 1550 g/mol. The topological polar surface area (TPSA) is 217 Å². The Balaban J connectivity index is 0.000000226. The van der Waals surface area contributed by atoms with Gasteiger partial charge in [-0.1, -0.05) is 84.1 Å². The van der Waals surface area contributed by atoms with Crippen molar-refractivity contribution in [2.75, 3.05) is 119 Å². The maximum atomic E-state index is 15.1. The molecule has 10 saturated carbocycles. The van der Waals surface area contributed by atoms with Crippen LogP contribution in [0.1, 0.15) is 230 Å². The number of Topliss-reactive ketones (excluding diaryl/α,β-unsaturated/α-hetero) is 1. The SMILES string of the molecule is C.C.COCCN1CC(CN2CCO[C@@H](O[C@H]3CCC45C[C@]46CC[C@]4(C)[C@@H]7C(OC([C@H](OC(C)=O)C(C)(C)O)C[C@H]7C)C(=O)[C@@]4(C)C6CC[C@H]5C3(C)C)C2)C1.COCCN1CC(CN2CCO[C@@H](O[C@H]3CCC45C[C@]46CC[C@]4(C)[C@@H]7C(OC([C@H](OC(C)=O)C(C)(C)O)C[C@H]7C)[C@H](O)[C@@]4(C)C6CC[C@H]5C3(C)C)C2)C1.[B].[H-].[Na+]. The number of methoxy groups -OCH3 is 2. The van der Waals surface area contributed by atoms with Crippen LogP contribution in [0.5, 0.6) is 0 Å². The van der Waals surface area contributed by atoms with Gasteiger partial charge in [-0.15, -0.1) is 0 Å². The van der Waals surface area contributed by atoms with Gasteiger partial charge in [-0.2, -0.15) is 0 Å². The molecule has 0 aromatic heterocycles. The molecule has 16 fully saturated rings. The molecule has 27 atom stereocenters. The Morgan fingerprint density at radius 2 is 0.973 bits per heavy atom. The van der Waals surface area contributed by atoms with Gasteiger partial charge in [0.15, 0.2) is 30.6 Å². The molecule has 20 nitrogen and oxygen atoms in total. The minimum atomic E-state index is -1.28. The summed E-state index contributed by atoms with van der Waals surface area (Å²) < 4.78 is 62.2. The van der Waals surface area contributed by atoms with Crippen LogP contribution in [0.2, 0.25) is 0 Å². The molecule has 0 aromatic carbocycles. The third-order valence-corrected chi connectivity index (χ3v) is 35.1. The average Bonchev–Trinajstić information content (AvgIpc) is 1.46. The van der Waals surface area contributed by atoms with Gasteiger partial charge in [-0.3, -0.25) is 24.2 Å². The maximum Gasteiger partial charge on any atom is 1.00 e. The van der Waals surface area contributed by atoms with E-state index in [4.69, 9.17) is 47.4 Å². The third kappa shape index (κ3) is 14.2. The number of esters is 2. The van der Waals surface area contributed by atoms with Crippen LogP contribution in [0, 0.1) is 113 Å². The van der Waals surface area contributed by atoms with Gasteiger partial charge >= 0.3 is 41.5 Å². The van der Waals surface area contributed by atoms with Gasteiger partial charge in [0, 0.05) is 132 Å². The first-order chi connectivity index (χ1) is 49.8. The van der Waals surface area contributed by atoms with E-state index >= 15 is 4.79 Å². The van der Waals surface area contributed by atoms with Crippen LogP contribution in [-0.4, -0.2) is 259 Å².